The molecule has 17 heavy (non-hydrogen) atoms. The van der Waals surface area contributed by atoms with E-state index in [0.29, 0.717) is 0 Å². The van der Waals surface area contributed by atoms with Gasteiger partial charge >= 0.3 is 0 Å². The molecule has 1 aromatic rings. The molecule has 0 aliphatic carbocycles. The average Bonchev–Trinajstić information content (AvgIpc) is 2.32. The number of hydrogen-bond donors (Lipinski definition) is 1. The van der Waals surface area contributed by atoms with Crippen LogP contribution in [0, 0.1) is 6.92 Å². The molecule has 0 fully saturated rings. The first-order valence-electron chi connectivity index (χ1n) is 6.20. The lowest BCUT2D eigenvalue weighted by Gasteiger charge is -2.14. The highest BCUT2D eigenvalue weighted by molar-refractivity contribution is 9.10. The van der Waals surface area contributed by atoms with Gasteiger partial charge in [0.2, 0.25) is 0 Å². The number of rotatable bonds is 7. The molecule has 1 nitrogen and oxygen atoms in total. The SMILES string of the molecule is C=CCCCCCC(O)c1cccc(C)c1Br. The van der Waals surface area contributed by atoms with Crippen molar-refractivity contribution in [3.63, 3.8) is 0 Å². The molecule has 0 aliphatic heterocycles. The molecule has 0 aliphatic rings. The van der Waals surface area contributed by atoms with Crippen LogP contribution in [-0.2, 0) is 0 Å². The number of unbranched alkanes of at least 4 members (excludes halogenated alkanes) is 3. The summed E-state index contributed by atoms with van der Waals surface area (Å²) in [6, 6.07) is 6.03. The molecule has 0 amide bonds. The second-order valence-corrected chi connectivity index (χ2v) is 5.21. The summed E-state index contributed by atoms with van der Waals surface area (Å²) in [5.74, 6) is 0. The first-order valence-corrected chi connectivity index (χ1v) is 7.00. The molecule has 1 rings (SSSR count). The lowest BCUT2D eigenvalue weighted by Crippen LogP contribution is -1.99. The molecule has 0 aromatic heterocycles. The highest BCUT2D eigenvalue weighted by Crippen LogP contribution is 2.29. The molecule has 0 bridgehead atoms. The van der Waals surface area contributed by atoms with Crippen LogP contribution < -0.4 is 0 Å². The first kappa shape index (κ1) is 14.5. The molecule has 0 spiro atoms. The molecular weight excluding hydrogens is 276 g/mol. The van der Waals surface area contributed by atoms with E-state index in [-0.39, 0.29) is 6.10 Å². The van der Waals surface area contributed by atoms with Crippen molar-refractivity contribution in [3.05, 3.63) is 46.5 Å². The van der Waals surface area contributed by atoms with Crippen LogP contribution in [0.1, 0.15) is 49.3 Å². The summed E-state index contributed by atoms with van der Waals surface area (Å²) in [6.45, 7) is 5.75. The van der Waals surface area contributed by atoms with Crippen molar-refractivity contribution in [2.75, 3.05) is 0 Å². The molecule has 1 unspecified atom stereocenters. The highest BCUT2D eigenvalue weighted by atomic mass is 79.9. The Morgan fingerprint density at radius 1 is 1.35 bits per heavy atom. The molecule has 1 atom stereocenters. The second-order valence-electron chi connectivity index (χ2n) is 4.42. The summed E-state index contributed by atoms with van der Waals surface area (Å²) in [5, 5.41) is 10.1. The van der Waals surface area contributed by atoms with Crippen molar-refractivity contribution >= 4 is 15.9 Å². The summed E-state index contributed by atoms with van der Waals surface area (Å²) in [7, 11) is 0. The van der Waals surface area contributed by atoms with Gasteiger partial charge in [0.25, 0.3) is 0 Å². The van der Waals surface area contributed by atoms with Gasteiger partial charge in [-0.3, -0.25) is 0 Å². The maximum atomic E-state index is 10.1. The second kappa shape index (κ2) is 7.67. The summed E-state index contributed by atoms with van der Waals surface area (Å²) in [4.78, 5) is 0. The van der Waals surface area contributed by atoms with Gasteiger partial charge in [0, 0.05) is 4.47 Å². The number of hydrogen-bond acceptors (Lipinski definition) is 1. The van der Waals surface area contributed by atoms with E-state index in [2.05, 4.69) is 22.5 Å². The third kappa shape index (κ3) is 4.64. The Morgan fingerprint density at radius 3 is 2.82 bits per heavy atom. The molecule has 0 saturated heterocycles. The van der Waals surface area contributed by atoms with Gasteiger partial charge < -0.3 is 5.11 Å². The number of aliphatic hydroxyl groups excluding tert-OH is 1. The summed E-state index contributed by atoms with van der Waals surface area (Å²) in [6.07, 6.45) is 6.90. The van der Waals surface area contributed by atoms with Crippen molar-refractivity contribution < 1.29 is 5.11 Å². The average molecular weight is 297 g/mol. The highest BCUT2D eigenvalue weighted by Gasteiger charge is 2.11. The van der Waals surface area contributed by atoms with Crippen LogP contribution in [0.2, 0.25) is 0 Å². The Kier molecular flexibility index (Phi) is 6.53. The molecule has 1 aromatic carbocycles. The summed E-state index contributed by atoms with van der Waals surface area (Å²) in [5.41, 5.74) is 2.18. The number of aliphatic hydroxyl groups is 1. The minimum absolute atomic E-state index is 0.354. The smallest absolute Gasteiger partial charge is 0.0801 e. The van der Waals surface area contributed by atoms with Crippen LogP contribution in [0.4, 0.5) is 0 Å². The minimum Gasteiger partial charge on any atom is -0.388 e. The van der Waals surface area contributed by atoms with E-state index in [9.17, 15) is 5.11 Å². The Labute approximate surface area is 113 Å². The standard InChI is InChI=1S/C15H21BrO/c1-3-4-5-6-7-11-14(17)13-10-8-9-12(2)15(13)16/h3,8-10,14,17H,1,4-7,11H2,2H3. The Balaban J connectivity index is 2.44. The number of aryl methyl sites for hydroxylation is 1. The van der Waals surface area contributed by atoms with Crippen LogP contribution in [0.3, 0.4) is 0 Å². The van der Waals surface area contributed by atoms with Gasteiger partial charge in [0.05, 0.1) is 6.10 Å². The van der Waals surface area contributed by atoms with Crippen LogP contribution in [-0.4, -0.2) is 5.11 Å². The normalized spacial score (nSPS) is 12.4. The van der Waals surface area contributed by atoms with E-state index >= 15 is 0 Å². The molecule has 0 radical (unpaired) electrons. The first-order chi connectivity index (χ1) is 8.16. The van der Waals surface area contributed by atoms with Gasteiger partial charge in [-0.2, -0.15) is 0 Å². The van der Waals surface area contributed by atoms with Gasteiger partial charge in [-0.25, -0.2) is 0 Å². The monoisotopic (exact) mass is 296 g/mol. The Bertz CT molecular complexity index is 360. The zero-order valence-electron chi connectivity index (χ0n) is 10.5. The molecule has 1 N–H and O–H groups in total. The molecule has 0 saturated carbocycles. The fraction of sp³-hybridized carbons (Fsp3) is 0.467. The molecule has 0 heterocycles. The topological polar surface area (TPSA) is 20.2 Å². The van der Waals surface area contributed by atoms with Gasteiger partial charge in [-0.15, -0.1) is 6.58 Å². The minimum atomic E-state index is -0.354. The van der Waals surface area contributed by atoms with Crippen LogP contribution in [0.5, 0.6) is 0 Å². The van der Waals surface area contributed by atoms with E-state index in [1.165, 1.54) is 12.0 Å². The lowest BCUT2D eigenvalue weighted by molar-refractivity contribution is 0.162. The van der Waals surface area contributed by atoms with E-state index < -0.39 is 0 Å². The third-order valence-corrected chi connectivity index (χ3v) is 4.05. The largest absolute Gasteiger partial charge is 0.388 e. The number of allylic oxidation sites excluding steroid dienone is 1. The van der Waals surface area contributed by atoms with Gasteiger partial charge in [-0.1, -0.05) is 53.0 Å². The summed E-state index contributed by atoms with van der Waals surface area (Å²) >= 11 is 3.54. The molecule has 2 heteroatoms. The Morgan fingerprint density at radius 2 is 2.12 bits per heavy atom. The quantitative estimate of drug-likeness (QED) is 0.559. The van der Waals surface area contributed by atoms with Gasteiger partial charge in [0.15, 0.2) is 0 Å². The van der Waals surface area contributed by atoms with Crippen molar-refractivity contribution in [2.45, 2.75) is 45.1 Å². The van der Waals surface area contributed by atoms with E-state index in [1.807, 2.05) is 31.2 Å². The predicted octanol–water partition coefficient (Wildman–Crippen LogP) is 4.93. The van der Waals surface area contributed by atoms with Crippen molar-refractivity contribution in [2.24, 2.45) is 0 Å². The zero-order valence-corrected chi connectivity index (χ0v) is 12.0. The molecular formula is C15H21BrO. The van der Waals surface area contributed by atoms with Crippen molar-refractivity contribution in [1.82, 2.24) is 0 Å². The third-order valence-electron chi connectivity index (χ3n) is 2.97. The number of halogens is 1. The van der Waals surface area contributed by atoms with E-state index in [0.717, 1.165) is 35.7 Å². The van der Waals surface area contributed by atoms with E-state index in [1.54, 1.807) is 0 Å². The summed E-state index contributed by atoms with van der Waals surface area (Å²) < 4.78 is 1.04. The maximum Gasteiger partial charge on any atom is 0.0801 e. The lowest BCUT2D eigenvalue weighted by atomic mass is 10.0. The Hall–Kier alpha value is -0.600. The predicted molar refractivity (Wildman–Crippen MR) is 77.1 cm³/mol. The van der Waals surface area contributed by atoms with Crippen LogP contribution >= 0.6 is 15.9 Å². The fourth-order valence-electron chi connectivity index (χ4n) is 1.89. The number of benzene rings is 1. The van der Waals surface area contributed by atoms with Crippen LogP contribution in [0.25, 0.3) is 0 Å². The van der Waals surface area contributed by atoms with Crippen molar-refractivity contribution in [3.8, 4) is 0 Å². The van der Waals surface area contributed by atoms with Gasteiger partial charge in [0.1, 0.15) is 0 Å². The van der Waals surface area contributed by atoms with E-state index in [4.69, 9.17) is 0 Å². The van der Waals surface area contributed by atoms with Gasteiger partial charge in [-0.05, 0) is 37.3 Å². The van der Waals surface area contributed by atoms with Crippen LogP contribution in [0.15, 0.2) is 35.3 Å². The zero-order chi connectivity index (χ0) is 12.7. The maximum absolute atomic E-state index is 10.1. The molecule has 94 valence electrons. The fourth-order valence-corrected chi connectivity index (χ4v) is 2.41. The van der Waals surface area contributed by atoms with Crippen molar-refractivity contribution in [1.29, 1.82) is 0 Å².